The number of esters is 1. The van der Waals surface area contributed by atoms with Crippen LogP contribution in [0.25, 0.3) is 0 Å². The van der Waals surface area contributed by atoms with Crippen molar-refractivity contribution in [2.45, 2.75) is 52.1 Å². The first-order valence-corrected chi connectivity index (χ1v) is 10.9. The topological polar surface area (TPSA) is 71.5 Å². The van der Waals surface area contributed by atoms with Gasteiger partial charge in [-0.2, -0.15) is 0 Å². The highest BCUT2D eigenvalue weighted by Crippen LogP contribution is 2.59. The Bertz CT molecular complexity index is 924. The molecule has 28 heavy (non-hydrogen) atoms. The van der Waals surface area contributed by atoms with E-state index in [4.69, 9.17) is 9.72 Å². The van der Waals surface area contributed by atoms with Crippen molar-refractivity contribution >= 4 is 28.1 Å². The molecule has 6 unspecified atom stereocenters. The number of ether oxygens (including phenoxy) is 1. The van der Waals surface area contributed by atoms with Gasteiger partial charge in [0, 0.05) is 28.3 Å². The third-order valence-corrected chi connectivity index (χ3v) is 8.26. The summed E-state index contributed by atoms with van der Waals surface area (Å²) in [5.41, 5.74) is 2.23. The highest BCUT2D eigenvalue weighted by atomic mass is 32.1. The fourth-order valence-corrected chi connectivity index (χ4v) is 7.08. The van der Waals surface area contributed by atoms with Gasteiger partial charge in [-0.15, -0.1) is 11.3 Å². The third kappa shape index (κ3) is 2.65. The first kappa shape index (κ1) is 18.0. The van der Waals surface area contributed by atoms with E-state index in [1.165, 1.54) is 4.88 Å². The van der Waals surface area contributed by atoms with Gasteiger partial charge in [0.15, 0.2) is 5.13 Å². The summed E-state index contributed by atoms with van der Waals surface area (Å²) in [5, 5.41) is 13.7. The number of anilines is 2. The van der Waals surface area contributed by atoms with Crippen LogP contribution in [0.15, 0.2) is 24.3 Å². The van der Waals surface area contributed by atoms with Crippen LogP contribution in [0.1, 0.15) is 50.1 Å². The van der Waals surface area contributed by atoms with Gasteiger partial charge in [0.05, 0.1) is 11.6 Å². The predicted molar refractivity (Wildman–Crippen MR) is 109 cm³/mol. The number of aromatic hydroxyl groups is 1. The molecule has 148 valence electrons. The molecule has 2 aliphatic carbocycles. The van der Waals surface area contributed by atoms with E-state index in [-0.39, 0.29) is 35.1 Å². The monoisotopic (exact) mass is 398 g/mol. The van der Waals surface area contributed by atoms with Gasteiger partial charge in [0.2, 0.25) is 0 Å². The van der Waals surface area contributed by atoms with Crippen molar-refractivity contribution in [2.75, 3.05) is 5.32 Å². The smallest absolute Gasteiger partial charge is 0.309 e. The summed E-state index contributed by atoms with van der Waals surface area (Å²) in [5.74, 6) is 1.20. The molecule has 2 heterocycles. The van der Waals surface area contributed by atoms with E-state index in [2.05, 4.69) is 19.2 Å². The van der Waals surface area contributed by atoms with E-state index < -0.39 is 0 Å². The molecule has 0 spiro atoms. The number of fused-ring (bicyclic) bond motifs is 4. The molecule has 6 heteroatoms. The van der Waals surface area contributed by atoms with Crippen molar-refractivity contribution < 1.29 is 14.6 Å². The van der Waals surface area contributed by atoms with E-state index in [0.717, 1.165) is 35.8 Å². The molecule has 6 atom stereocenters. The van der Waals surface area contributed by atoms with Gasteiger partial charge in [-0.05, 0) is 48.9 Å². The van der Waals surface area contributed by atoms with Gasteiger partial charge in [0.1, 0.15) is 11.9 Å². The average molecular weight is 399 g/mol. The van der Waals surface area contributed by atoms with Crippen LogP contribution in [0.4, 0.5) is 10.8 Å². The quantitative estimate of drug-likeness (QED) is 0.559. The summed E-state index contributed by atoms with van der Waals surface area (Å²) < 4.78 is 5.91. The second-order valence-electron chi connectivity index (χ2n) is 9.04. The molecule has 5 rings (SSSR count). The number of phenols is 1. The summed E-state index contributed by atoms with van der Waals surface area (Å²) in [4.78, 5) is 18.5. The first-order valence-electron chi connectivity index (χ1n) is 10.1. The zero-order valence-corrected chi connectivity index (χ0v) is 17.3. The zero-order chi connectivity index (χ0) is 19.6. The largest absolute Gasteiger partial charge is 0.508 e. The van der Waals surface area contributed by atoms with Crippen LogP contribution in [0.3, 0.4) is 0 Å². The Morgan fingerprint density at radius 2 is 2.00 bits per heavy atom. The van der Waals surface area contributed by atoms with Crippen molar-refractivity contribution in [3.8, 4) is 5.75 Å². The number of hydrogen-bond acceptors (Lipinski definition) is 6. The third-order valence-electron chi connectivity index (χ3n) is 7.28. The summed E-state index contributed by atoms with van der Waals surface area (Å²) in [6.07, 6.45) is 3.24. The van der Waals surface area contributed by atoms with Crippen molar-refractivity contribution in [1.29, 1.82) is 0 Å². The molecule has 1 aromatic heterocycles. The summed E-state index contributed by atoms with van der Waals surface area (Å²) in [6.45, 7) is 6.65. The summed E-state index contributed by atoms with van der Waals surface area (Å²) in [7, 11) is 0. The number of phenolic OH excluding ortho intramolecular Hbond substituents is 1. The number of nitrogens with zero attached hydrogens (tertiary/aromatic N) is 1. The minimum absolute atomic E-state index is 0.0188. The second kappa shape index (κ2) is 6.21. The Balaban J connectivity index is 1.46. The normalized spacial score (nSPS) is 36.2. The molecular formula is C22H26N2O3S. The van der Waals surface area contributed by atoms with Crippen LogP contribution >= 0.6 is 11.3 Å². The molecule has 5 nitrogen and oxygen atoms in total. The lowest BCUT2D eigenvalue weighted by molar-refractivity contribution is -0.149. The second-order valence-corrected chi connectivity index (χ2v) is 10.1. The SMILES string of the molecule is CC1C(=O)OC2C1CCC1(C)Cc3sc(Nc4ccc(O)cc4)nc3C(C)C21. The number of hydrogen-bond donors (Lipinski definition) is 2. The molecule has 3 aliphatic rings. The highest BCUT2D eigenvalue weighted by molar-refractivity contribution is 7.15. The van der Waals surface area contributed by atoms with Gasteiger partial charge < -0.3 is 15.2 Å². The predicted octanol–water partition coefficient (Wildman–Crippen LogP) is 4.85. The fraction of sp³-hybridized carbons (Fsp3) is 0.545. The number of rotatable bonds is 2. The molecule has 1 saturated heterocycles. The number of thiazole rings is 1. The van der Waals surface area contributed by atoms with E-state index in [9.17, 15) is 9.90 Å². The zero-order valence-electron chi connectivity index (χ0n) is 16.4. The van der Waals surface area contributed by atoms with Crippen molar-refractivity contribution in [3.63, 3.8) is 0 Å². The fourth-order valence-electron chi connectivity index (χ4n) is 5.80. The van der Waals surface area contributed by atoms with Crippen LogP contribution in [0, 0.1) is 23.2 Å². The number of aromatic nitrogens is 1. The maximum Gasteiger partial charge on any atom is 0.309 e. The molecule has 1 saturated carbocycles. The molecule has 2 aromatic rings. The molecule has 0 bridgehead atoms. The number of nitrogens with one attached hydrogen (secondary N) is 1. The number of carbonyl (C=O) groups excluding carboxylic acids is 1. The standard InChI is InChI=1S/C22H26N2O3S/c1-11-15-8-9-22(3)10-16-18(12(2)17(22)19(15)27-20(11)26)24-21(28-16)23-13-4-6-14(25)7-5-13/h4-7,11-12,15,17,19,25H,8-10H2,1-3H3,(H,23,24). The Hall–Kier alpha value is -2.08. The Kier molecular flexibility index (Phi) is 3.99. The van der Waals surface area contributed by atoms with E-state index in [0.29, 0.717) is 11.8 Å². The van der Waals surface area contributed by atoms with E-state index in [1.807, 2.05) is 19.1 Å². The molecular weight excluding hydrogens is 372 g/mol. The molecule has 2 N–H and O–H groups in total. The number of benzene rings is 1. The Morgan fingerprint density at radius 3 is 2.75 bits per heavy atom. The van der Waals surface area contributed by atoms with Crippen molar-refractivity contribution in [2.24, 2.45) is 23.2 Å². The summed E-state index contributed by atoms with van der Waals surface area (Å²) >= 11 is 1.73. The van der Waals surface area contributed by atoms with Crippen molar-refractivity contribution in [1.82, 2.24) is 4.98 Å². The average Bonchev–Trinajstić information content (AvgIpc) is 3.17. The molecule has 0 radical (unpaired) electrons. The first-order chi connectivity index (χ1) is 13.4. The van der Waals surface area contributed by atoms with Crippen LogP contribution in [0.2, 0.25) is 0 Å². The van der Waals surface area contributed by atoms with Gasteiger partial charge in [-0.1, -0.05) is 20.8 Å². The molecule has 1 aliphatic heterocycles. The highest BCUT2D eigenvalue weighted by Gasteiger charge is 2.58. The lowest BCUT2D eigenvalue weighted by atomic mass is 9.54. The van der Waals surface area contributed by atoms with Crippen LogP contribution in [0.5, 0.6) is 5.75 Å². The molecule has 1 aromatic carbocycles. The maximum atomic E-state index is 12.2. The van der Waals surface area contributed by atoms with Gasteiger partial charge in [-0.3, -0.25) is 4.79 Å². The van der Waals surface area contributed by atoms with E-state index in [1.54, 1.807) is 23.5 Å². The number of carbonyl (C=O) groups is 1. The Labute approximate surface area is 169 Å². The Morgan fingerprint density at radius 1 is 1.25 bits per heavy atom. The van der Waals surface area contributed by atoms with Crippen LogP contribution in [-0.2, 0) is 16.0 Å². The van der Waals surface area contributed by atoms with Crippen LogP contribution in [-0.4, -0.2) is 22.2 Å². The molecule has 0 amide bonds. The minimum atomic E-state index is -0.0230. The van der Waals surface area contributed by atoms with E-state index >= 15 is 0 Å². The van der Waals surface area contributed by atoms with Gasteiger partial charge in [-0.25, -0.2) is 4.98 Å². The minimum Gasteiger partial charge on any atom is -0.508 e. The lowest BCUT2D eigenvalue weighted by Gasteiger charge is -2.51. The summed E-state index contributed by atoms with van der Waals surface area (Å²) in [6, 6.07) is 7.04. The van der Waals surface area contributed by atoms with Gasteiger partial charge >= 0.3 is 5.97 Å². The van der Waals surface area contributed by atoms with Crippen LogP contribution < -0.4 is 5.32 Å². The lowest BCUT2D eigenvalue weighted by Crippen LogP contribution is -2.50. The maximum absolute atomic E-state index is 12.2. The molecule has 2 fully saturated rings. The van der Waals surface area contributed by atoms with Gasteiger partial charge in [0.25, 0.3) is 0 Å². The van der Waals surface area contributed by atoms with Crippen molar-refractivity contribution in [3.05, 3.63) is 34.8 Å².